The van der Waals surface area contributed by atoms with Crippen LogP contribution >= 0.6 is 11.6 Å². The maximum atomic E-state index is 13.3. The van der Waals surface area contributed by atoms with Crippen molar-refractivity contribution in [3.63, 3.8) is 0 Å². The number of hydrogen-bond donors (Lipinski definition) is 0. The van der Waals surface area contributed by atoms with Crippen molar-refractivity contribution in [3.8, 4) is 0 Å². The van der Waals surface area contributed by atoms with Crippen molar-refractivity contribution in [2.24, 2.45) is 0 Å². The molecule has 0 unspecified atom stereocenters. The average molecular weight is 231 g/mol. The van der Waals surface area contributed by atoms with Gasteiger partial charge in [0, 0.05) is 17.0 Å². The van der Waals surface area contributed by atoms with Crippen molar-refractivity contribution in [3.05, 3.63) is 34.6 Å². The molecule has 1 aromatic carbocycles. The normalized spacial score (nSPS) is 10.1. The third-order valence-corrected chi connectivity index (χ3v) is 2.30. The molecule has 0 heterocycles. The van der Waals surface area contributed by atoms with E-state index in [-0.39, 0.29) is 24.6 Å². The van der Waals surface area contributed by atoms with Crippen LogP contribution in [0.5, 0.6) is 0 Å². The van der Waals surface area contributed by atoms with Crippen LogP contribution in [0.2, 0.25) is 5.02 Å². The summed E-state index contributed by atoms with van der Waals surface area (Å²) in [7, 11) is 0. The van der Waals surface area contributed by atoms with Crippen molar-refractivity contribution < 1.29 is 13.9 Å². The molecule has 0 atom stereocenters. The van der Waals surface area contributed by atoms with E-state index in [2.05, 4.69) is 0 Å². The second kappa shape index (κ2) is 5.71. The van der Waals surface area contributed by atoms with Crippen LogP contribution in [0, 0.1) is 5.82 Å². The molecular weight excluding hydrogens is 219 g/mol. The van der Waals surface area contributed by atoms with Crippen LogP contribution in [0.3, 0.4) is 0 Å². The molecular formula is C11H12ClFO2. The Labute approximate surface area is 93.0 Å². The van der Waals surface area contributed by atoms with Gasteiger partial charge in [-0.15, -0.1) is 0 Å². The van der Waals surface area contributed by atoms with E-state index >= 15 is 0 Å². The minimum absolute atomic E-state index is 0.147. The third-order valence-electron chi connectivity index (χ3n) is 1.95. The molecule has 0 radical (unpaired) electrons. The zero-order valence-corrected chi connectivity index (χ0v) is 9.18. The summed E-state index contributed by atoms with van der Waals surface area (Å²) in [4.78, 5) is 11.1. The van der Waals surface area contributed by atoms with Crippen LogP contribution in [-0.2, 0) is 16.0 Å². The fourth-order valence-corrected chi connectivity index (χ4v) is 1.49. The summed E-state index contributed by atoms with van der Waals surface area (Å²) >= 11 is 5.80. The van der Waals surface area contributed by atoms with Crippen LogP contribution in [0.4, 0.5) is 4.39 Å². The number of halogens is 2. The van der Waals surface area contributed by atoms with Crippen LogP contribution < -0.4 is 0 Å². The van der Waals surface area contributed by atoms with Crippen molar-refractivity contribution in [2.75, 3.05) is 6.61 Å². The molecule has 0 saturated heterocycles. The molecule has 1 aromatic rings. The van der Waals surface area contributed by atoms with E-state index in [0.29, 0.717) is 17.2 Å². The SMILES string of the molecule is CCOC(=O)CCc1c(F)cccc1Cl. The van der Waals surface area contributed by atoms with Crippen molar-refractivity contribution in [1.82, 2.24) is 0 Å². The first-order chi connectivity index (χ1) is 7.15. The standard InChI is InChI=1S/C11H12ClFO2/c1-2-15-11(14)7-6-8-9(12)4-3-5-10(8)13/h3-5H,2,6-7H2,1H3. The molecule has 0 fully saturated rings. The van der Waals surface area contributed by atoms with E-state index < -0.39 is 0 Å². The van der Waals surface area contributed by atoms with Crippen LogP contribution in [0.1, 0.15) is 18.9 Å². The fraction of sp³-hybridized carbons (Fsp3) is 0.364. The minimum atomic E-state index is -0.383. The van der Waals surface area contributed by atoms with Crippen LogP contribution in [-0.4, -0.2) is 12.6 Å². The zero-order valence-electron chi connectivity index (χ0n) is 8.43. The second-order valence-corrected chi connectivity index (χ2v) is 3.41. The zero-order chi connectivity index (χ0) is 11.3. The summed E-state index contributed by atoms with van der Waals surface area (Å²) in [5.74, 6) is -0.719. The first-order valence-electron chi connectivity index (χ1n) is 4.73. The third kappa shape index (κ3) is 3.51. The summed E-state index contributed by atoms with van der Waals surface area (Å²) in [6.45, 7) is 2.07. The van der Waals surface area contributed by atoms with Crippen molar-refractivity contribution >= 4 is 17.6 Å². The van der Waals surface area contributed by atoms with E-state index in [1.54, 1.807) is 13.0 Å². The lowest BCUT2D eigenvalue weighted by molar-refractivity contribution is -0.143. The summed E-state index contributed by atoms with van der Waals surface area (Å²) in [5, 5.41) is 0.347. The largest absolute Gasteiger partial charge is 0.466 e. The fourth-order valence-electron chi connectivity index (χ4n) is 1.23. The van der Waals surface area contributed by atoms with E-state index in [9.17, 15) is 9.18 Å². The van der Waals surface area contributed by atoms with Gasteiger partial charge in [0.25, 0.3) is 0 Å². The van der Waals surface area contributed by atoms with Gasteiger partial charge in [0.2, 0.25) is 0 Å². The first kappa shape index (κ1) is 12.0. The molecule has 2 nitrogen and oxygen atoms in total. The maximum absolute atomic E-state index is 13.3. The topological polar surface area (TPSA) is 26.3 Å². The molecule has 4 heteroatoms. The number of benzene rings is 1. The highest BCUT2D eigenvalue weighted by Crippen LogP contribution is 2.20. The Kier molecular flexibility index (Phi) is 4.56. The highest BCUT2D eigenvalue weighted by atomic mass is 35.5. The Bertz CT molecular complexity index is 332. The van der Waals surface area contributed by atoms with Gasteiger partial charge in [0.15, 0.2) is 0 Å². The van der Waals surface area contributed by atoms with E-state index in [1.807, 2.05) is 0 Å². The Morgan fingerprint density at radius 1 is 1.53 bits per heavy atom. The molecule has 0 saturated carbocycles. The van der Waals surface area contributed by atoms with Gasteiger partial charge in [0.1, 0.15) is 5.82 Å². The molecule has 0 aromatic heterocycles. The summed E-state index contributed by atoms with van der Waals surface area (Å²) in [5.41, 5.74) is 0.368. The lowest BCUT2D eigenvalue weighted by Crippen LogP contribution is -2.06. The minimum Gasteiger partial charge on any atom is -0.466 e. The molecule has 1 rings (SSSR count). The summed E-state index contributed by atoms with van der Waals surface area (Å²) in [6.07, 6.45) is 0.416. The quantitative estimate of drug-likeness (QED) is 0.744. The number of ether oxygens (including phenoxy) is 1. The number of carbonyl (C=O) groups excluding carboxylic acids is 1. The number of esters is 1. The molecule has 0 aliphatic heterocycles. The number of rotatable bonds is 4. The molecule has 0 aliphatic rings. The van der Waals surface area contributed by atoms with Gasteiger partial charge in [-0.25, -0.2) is 4.39 Å². The summed E-state index contributed by atoms with van der Waals surface area (Å²) < 4.78 is 18.0. The Balaban J connectivity index is 2.61. The second-order valence-electron chi connectivity index (χ2n) is 3.01. The Hall–Kier alpha value is -1.09. The van der Waals surface area contributed by atoms with E-state index in [1.165, 1.54) is 12.1 Å². The van der Waals surface area contributed by atoms with Gasteiger partial charge in [0.05, 0.1) is 6.61 Å². The van der Waals surface area contributed by atoms with Gasteiger partial charge in [-0.2, -0.15) is 0 Å². The number of carbonyl (C=O) groups is 1. The molecule has 0 N–H and O–H groups in total. The predicted molar refractivity (Wildman–Crippen MR) is 56.4 cm³/mol. The summed E-state index contributed by atoms with van der Waals surface area (Å²) in [6, 6.07) is 4.46. The maximum Gasteiger partial charge on any atom is 0.306 e. The molecule has 0 bridgehead atoms. The smallest absolute Gasteiger partial charge is 0.306 e. The highest BCUT2D eigenvalue weighted by Gasteiger charge is 2.09. The highest BCUT2D eigenvalue weighted by molar-refractivity contribution is 6.31. The van der Waals surface area contributed by atoms with E-state index in [4.69, 9.17) is 16.3 Å². The monoisotopic (exact) mass is 230 g/mol. The molecule has 0 amide bonds. The van der Waals surface area contributed by atoms with Crippen LogP contribution in [0.15, 0.2) is 18.2 Å². The van der Waals surface area contributed by atoms with Crippen molar-refractivity contribution in [2.45, 2.75) is 19.8 Å². The first-order valence-corrected chi connectivity index (χ1v) is 5.11. The molecule has 0 aliphatic carbocycles. The Morgan fingerprint density at radius 2 is 2.27 bits per heavy atom. The molecule has 15 heavy (non-hydrogen) atoms. The molecule has 0 spiro atoms. The van der Waals surface area contributed by atoms with Gasteiger partial charge in [-0.05, 0) is 25.5 Å². The van der Waals surface area contributed by atoms with E-state index in [0.717, 1.165) is 0 Å². The van der Waals surface area contributed by atoms with Crippen molar-refractivity contribution in [1.29, 1.82) is 0 Å². The predicted octanol–water partition coefficient (Wildman–Crippen LogP) is 2.97. The lowest BCUT2D eigenvalue weighted by atomic mass is 10.1. The number of hydrogen-bond acceptors (Lipinski definition) is 2. The van der Waals surface area contributed by atoms with Gasteiger partial charge < -0.3 is 4.74 Å². The Morgan fingerprint density at radius 3 is 2.87 bits per heavy atom. The molecule has 82 valence electrons. The average Bonchev–Trinajstić information content (AvgIpc) is 2.17. The lowest BCUT2D eigenvalue weighted by Gasteiger charge is -2.05. The van der Waals surface area contributed by atoms with Gasteiger partial charge >= 0.3 is 5.97 Å². The van der Waals surface area contributed by atoms with Crippen LogP contribution in [0.25, 0.3) is 0 Å². The van der Waals surface area contributed by atoms with Gasteiger partial charge in [-0.1, -0.05) is 17.7 Å². The van der Waals surface area contributed by atoms with Gasteiger partial charge in [-0.3, -0.25) is 4.79 Å².